The predicted molar refractivity (Wildman–Crippen MR) is 200 cm³/mol. The van der Waals surface area contributed by atoms with Crippen molar-refractivity contribution < 1.29 is 34.8 Å². The Bertz CT molecular complexity index is 1610. The summed E-state index contributed by atoms with van der Waals surface area (Å²) in [5.41, 5.74) is -1.48. The number of aromatic nitrogens is 1. The lowest BCUT2D eigenvalue weighted by molar-refractivity contribution is -0.152. The Kier molecular flexibility index (Phi) is 13.4. The fourth-order valence-corrected chi connectivity index (χ4v) is 7.93. The minimum atomic E-state index is -1.66. The van der Waals surface area contributed by atoms with Gasteiger partial charge in [-0.2, -0.15) is 0 Å². The number of hydrogen-bond acceptors (Lipinski definition) is 8. The number of likely N-dealkylation sites (tertiary alicyclic amines) is 1. The molecule has 3 atom stereocenters. The lowest BCUT2D eigenvalue weighted by Gasteiger charge is -2.49. The van der Waals surface area contributed by atoms with Crippen molar-refractivity contribution in [2.24, 2.45) is 5.92 Å². The topological polar surface area (TPSA) is 139 Å². The van der Waals surface area contributed by atoms with Gasteiger partial charge < -0.3 is 24.4 Å². The van der Waals surface area contributed by atoms with Crippen LogP contribution >= 0.6 is 0 Å². The second kappa shape index (κ2) is 18.8. The zero-order valence-electron chi connectivity index (χ0n) is 31.5. The van der Waals surface area contributed by atoms with Crippen molar-refractivity contribution in [3.63, 3.8) is 0 Å². The van der Waals surface area contributed by atoms with E-state index in [1.807, 2.05) is 29.2 Å². The molecule has 2 heterocycles. The van der Waals surface area contributed by atoms with E-state index in [0.29, 0.717) is 44.0 Å². The minimum Gasteiger partial charge on any atom is -0.493 e. The number of anilines is 1. The SMILES string of the molecule is [2H]C(C(=O)NC1CCCC1)N(C(=O)OCC=C)[C@@](C)(C(=O)N1CCCCC1CCOc1ccc2c(NC(=O)OCC=C)nccc2c1)C1CCCCC1. The summed E-state index contributed by atoms with van der Waals surface area (Å²) in [5, 5.41) is 7.18. The van der Waals surface area contributed by atoms with Gasteiger partial charge in [0.15, 0.2) is 0 Å². The zero-order chi connectivity index (χ0) is 37.8. The summed E-state index contributed by atoms with van der Waals surface area (Å²) < 4.78 is 26.0. The smallest absolute Gasteiger partial charge is 0.413 e. The van der Waals surface area contributed by atoms with Gasteiger partial charge in [0.1, 0.15) is 36.8 Å². The zero-order valence-corrected chi connectivity index (χ0v) is 30.5. The van der Waals surface area contributed by atoms with E-state index in [4.69, 9.17) is 14.2 Å². The van der Waals surface area contributed by atoms with E-state index in [0.717, 1.165) is 79.9 Å². The van der Waals surface area contributed by atoms with Gasteiger partial charge in [0.05, 0.1) is 7.98 Å². The fourth-order valence-electron chi connectivity index (χ4n) is 7.93. The molecule has 3 aliphatic rings. The van der Waals surface area contributed by atoms with Crippen LogP contribution in [-0.2, 0) is 19.1 Å². The van der Waals surface area contributed by atoms with Crippen LogP contribution in [0.15, 0.2) is 55.8 Å². The van der Waals surface area contributed by atoms with Crippen molar-refractivity contribution in [1.29, 1.82) is 0 Å². The van der Waals surface area contributed by atoms with Crippen molar-refractivity contribution in [2.45, 2.75) is 108 Å². The molecule has 2 aromatic rings. The highest BCUT2D eigenvalue weighted by molar-refractivity contribution is 5.98. The second-order valence-corrected chi connectivity index (χ2v) is 14.2. The number of nitrogens with one attached hydrogen (secondary N) is 2. The molecule has 1 aliphatic heterocycles. The van der Waals surface area contributed by atoms with Gasteiger partial charge in [-0.3, -0.25) is 19.8 Å². The Morgan fingerprint density at radius 1 is 0.981 bits per heavy atom. The van der Waals surface area contributed by atoms with E-state index in [-0.39, 0.29) is 37.1 Å². The number of hydrogen-bond donors (Lipinski definition) is 2. The molecule has 3 fully saturated rings. The standard InChI is InChI=1S/C40H55N5O7/c1-4-24-51-38(48)43-36-34-19-18-33(27-29(34)20-22-41-36)50-26-21-32-17-11-12-23-44(32)37(47)40(3,30-13-7-6-8-14-30)45(39(49)52-25-5-2)28-35(46)42-31-15-9-10-16-31/h4-5,18-20,22,27,30-32H,1-2,6-17,21,23-26,28H2,3H3,(H,42,46)(H,41,43,48)/t32?,40-/m1/s1/i28D/t28?,32?,40-. The Morgan fingerprint density at radius 3 is 2.44 bits per heavy atom. The third-order valence-electron chi connectivity index (χ3n) is 10.7. The van der Waals surface area contributed by atoms with Crippen LogP contribution in [0.2, 0.25) is 0 Å². The van der Waals surface area contributed by atoms with Crippen LogP contribution in [0.4, 0.5) is 15.4 Å². The van der Waals surface area contributed by atoms with Crippen LogP contribution in [-0.4, -0.2) is 89.3 Å². The Labute approximate surface area is 308 Å². The molecular weight excluding hydrogens is 662 g/mol. The summed E-state index contributed by atoms with van der Waals surface area (Å²) in [7, 11) is 0. The van der Waals surface area contributed by atoms with Crippen LogP contribution in [0.1, 0.15) is 91.8 Å². The van der Waals surface area contributed by atoms with Crippen LogP contribution in [0, 0.1) is 5.92 Å². The molecule has 0 radical (unpaired) electrons. The molecule has 4 amide bonds. The highest BCUT2D eigenvalue weighted by atomic mass is 16.6. The summed E-state index contributed by atoms with van der Waals surface area (Å²) in [6.07, 6.45) is 14.0. The molecule has 1 saturated heterocycles. The van der Waals surface area contributed by atoms with Gasteiger partial charge in [0.2, 0.25) is 11.8 Å². The number of ether oxygens (including phenoxy) is 3. The van der Waals surface area contributed by atoms with Gasteiger partial charge in [-0.15, -0.1) is 0 Å². The average Bonchev–Trinajstić information content (AvgIpc) is 3.69. The van der Waals surface area contributed by atoms with Gasteiger partial charge in [0.25, 0.3) is 0 Å². The van der Waals surface area contributed by atoms with E-state index < -0.39 is 30.2 Å². The molecule has 2 aliphatic carbocycles. The number of amides is 4. The van der Waals surface area contributed by atoms with Crippen molar-refractivity contribution >= 4 is 40.6 Å². The summed E-state index contributed by atoms with van der Waals surface area (Å²) in [6.45, 7) is 8.13. The first-order valence-corrected chi connectivity index (χ1v) is 18.8. The van der Waals surface area contributed by atoms with E-state index in [9.17, 15) is 15.8 Å². The van der Waals surface area contributed by atoms with Crippen LogP contribution in [0.25, 0.3) is 10.8 Å². The first-order chi connectivity index (χ1) is 25.7. The number of rotatable bonds is 15. The summed E-state index contributed by atoms with van der Waals surface area (Å²) in [4.78, 5) is 62.1. The highest BCUT2D eigenvalue weighted by Gasteiger charge is 2.52. The first kappa shape index (κ1) is 37.2. The maximum atomic E-state index is 15.1. The van der Waals surface area contributed by atoms with Gasteiger partial charge in [-0.05, 0) is 87.4 Å². The molecule has 1 aromatic carbocycles. The van der Waals surface area contributed by atoms with E-state index >= 15 is 4.79 Å². The molecule has 2 N–H and O–H groups in total. The molecule has 5 rings (SSSR count). The Hall–Kier alpha value is -4.61. The summed E-state index contributed by atoms with van der Waals surface area (Å²) in [5.74, 6) is -0.0887. The predicted octanol–water partition coefficient (Wildman–Crippen LogP) is 7.14. The Balaban J connectivity index is 1.35. The first-order valence-electron chi connectivity index (χ1n) is 19.4. The third kappa shape index (κ3) is 9.63. The van der Waals surface area contributed by atoms with Crippen LogP contribution in [0.5, 0.6) is 5.75 Å². The third-order valence-corrected chi connectivity index (χ3v) is 10.7. The van der Waals surface area contributed by atoms with Crippen molar-refractivity contribution in [3.05, 3.63) is 55.8 Å². The molecule has 282 valence electrons. The van der Waals surface area contributed by atoms with Gasteiger partial charge in [-0.25, -0.2) is 14.6 Å². The number of pyridine rings is 1. The minimum absolute atomic E-state index is 0.0475. The summed E-state index contributed by atoms with van der Waals surface area (Å²) >= 11 is 0. The lowest BCUT2D eigenvalue weighted by Crippen LogP contribution is -2.67. The lowest BCUT2D eigenvalue weighted by atomic mass is 9.73. The molecule has 1 aromatic heterocycles. The van der Waals surface area contributed by atoms with Crippen molar-refractivity contribution in [1.82, 2.24) is 20.1 Å². The van der Waals surface area contributed by atoms with Gasteiger partial charge in [0, 0.05) is 36.6 Å². The molecule has 0 spiro atoms. The fraction of sp³-hybridized carbons (Fsp3) is 0.575. The Morgan fingerprint density at radius 2 is 1.69 bits per heavy atom. The molecular formula is C40H55N5O7. The van der Waals surface area contributed by atoms with Gasteiger partial charge in [-0.1, -0.05) is 57.4 Å². The number of fused-ring (bicyclic) bond motifs is 1. The monoisotopic (exact) mass is 718 g/mol. The van der Waals surface area contributed by atoms with Crippen LogP contribution in [0.3, 0.4) is 0 Å². The molecule has 12 nitrogen and oxygen atoms in total. The highest BCUT2D eigenvalue weighted by Crippen LogP contribution is 2.40. The van der Waals surface area contributed by atoms with Crippen molar-refractivity contribution in [2.75, 3.05) is 38.2 Å². The largest absolute Gasteiger partial charge is 0.493 e. The molecule has 52 heavy (non-hydrogen) atoms. The van der Waals surface area contributed by atoms with Gasteiger partial charge >= 0.3 is 12.2 Å². The van der Waals surface area contributed by atoms with E-state index in [2.05, 4.69) is 28.8 Å². The van der Waals surface area contributed by atoms with Crippen LogP contribution < -0.4 is 15.4 Å². The average molecular weight is 719 g/mol. The maximum absolute atomic E-state index is 15.1. The second-order valence-electron chi connectivity index (χ2n) is 14.2. The number of carbonyl (C=O) groups excluding carboxylic acids is 4. The van der Waals surface area contributed by atoms with E-state index in [1.54, 1.807) is 13.1 Å². The number of carbonyl (C=O) groups is 4. The maximum Gasteiger partial charge on any atom is 0.413 e. The number of piperidine rings is 1. The molecule has 2 unspecified atom stereocenters. The van der Waals surface area contributed by atoms with E-state index in [1.165, 1.54) is 12.2 Å². The molecule has 12 heteroatoms. The molecule has 2 saturated carbocycles. The number of nitrogens with zero attached hydrogens (tertiary/aromatic N) is 3. The quantitative estimate of drug-likeness (QED) is 0.185. The summed E-state index contributed by atoms with van der Waals surface area (Å²) in [6, 6.07) is 7.13. The number of benzene rings is 1. The normalized spacial score (nSPS) is 20.1. The molecule has 0 bridgehead atoms. The van der Waals surface area contributed by atoms with Crippen molar-refractivity contribution in [3.8, 4) is 5.75 Å².